The number of carbonyl (C=O) groups is 2. The summed E-state index contributed by atoms with van der Waals surface area (Å²) in [6, 6.07) is 16.6. The zero-order chi connectivity index (χ0) is 26.0. The van der Waals surface area contributed by atoms with Gasteiger partial charge in [0.05, 0.1) is 11.9 Å². The van der Waals surface area contributed by atoms with Crippen LogP contribution in [0.15, 0.2) is 54.6 Å². The highest BCUT2D eigenvalue weighted by Crippen LogP contribution is 2.20. The maximum absolute atomic E-state index is 13.4. The number of benzene rings is 2. The van der Waals surface area contributed by atoms with E-state index in [0.717, 1.165) is 11.1 Å². The second-order valence-corrected chi connectivity index (χ2v) is 11.1. The van der Waals surface area contributed by atoms with Crippen LogP contribution < -0.4 is 9.62 Å². The molecule has 2 amide bonds. The molecule has 0 saturated carbocycles. The van der Waals surface area contributed by atoms with Gasteiger partial charge in [0.1, 0.15) is 6.04 Å². The minimum Gasteiger partial charge on any atom is -0.352 e. The van der Waals surface area contributed by atoms with Crippen LogP contribution in [0.2, 0.25) is 0 Å². The Balaban J connectivity index is 2.15. The highest BCUT2D eigenvalue weighted by atomic mass is 32.2. The summed E-state index contributed by atoms with van der Waals surface area (Å²) in [4.78, 5) is 27.9. The second kappa shape index (κ2) is 13.3. The van der Waals surface area contributed by atoms with Crippen molar-refractivity contribution >= 4 is 27.5 Å². The predicted molar refractivity (Wildman–Crippen MR) is 142 cm³/mol. The third-order valence-corrected chi connectivity index (χ3v) is 6.94. The molecule has 7 nitrogen and oxygen atoms in total. The molecule has 192 valence electrons. The van der Waals surface area contributed by atoms with Crippen molar-refractivity contribution in [2.75, 3.05) is 23.7 Å². The molecular weight excluding hydrogens is 462 g/mol. The smallest absolute Gasteiger partial charge is 0.242 e. The molecule has 1 N–H and O–H groups in total. The molecule has 2 aromatic rings. The normalized spacial score (nSPS) is 12.3. The summed E-state index contributed by atoms with van der Waals surface area (Å²) in [6.07, 6.45) is 2.81. The van der Waals surface area contributed by atoms with Gasteiger partial charge in [0.15, 0.2) is 0 Å². The van der Waals surface area contributed by atoms with Gasteiger partial charge in [-0.25, -0.2) is 8.42 Å². The number of anilines is 1. The summed E-state index contributed by atoms with van der Waals surface area (Å²) < 4.78 is 26.2. The Labute approximate surface area is 210 Å². The van der Waals surface area contributed by atoms with Crippen molar-refractivity contribution in [3.63, 3.8) is 0 Å². The Morgan fingerprint density at radius 3 is 2.26 bits per heavy atom. The van der Waals surface area contributed by atoms with Gasteiger partial charge in [-0.2, -0.15) is 0 Å². The van der Waals surface area contributed by atoms with Crippen molar-refractivity contribution in [3.8, 4) is 0 Å². The predicted octanol–water partition coefficient (Wildman–Crippen LogP) is 3.92. The molecule has 0 spiro atoms. The van der Waals surface area contributed by atoms with Gasteiger partial charge < -0.3 is 10.2 Å². The molecule has 0 aliphatic rings. The first-order valence-corrected chi connectivity index (χ1v) is 14.1. The van der Waals surface area contributed by atoms with Crippen molar-refractivity contribution in [2.24, 2.45) is 0 Å². The molecule has 2 rings (SSSR count). The van der Waals surface area contributed by atoms with Gasteiger partial charge in [-0.15, -0.1) is 0 Å². The molecule has 0 aliphatic heterocycles. The van der Waals surface area contributed by atoms with Crippen LogP contribution in [-0.4, -0.2) is 56.6 Å². The monoisotopic (exact) mass is 501 g/mol. The number of hydrogen-bond acceptors (Lipinski definition) is 4. The van der Waals surface area contributed by atoms with Gasteiger partial charge in [0.2, 0.25) is 21.8 Å². The third kappa shape index (κ3) is 9.02. The van der Waals surface area contributed by atoms with Gasteiger partial charge in [-0.3, -0.25) is 13.9 Å². The Kier molecular flexibility index (Phi) is 10.8. The van der Waals surface area contributed by atoms with Crippen LogP contribution in [0.25, 0.3) is 0 Å². The fraction of sp³-hybridized carbons (Fsp3) is 0.481. The minimum atomic E-state index is -3.50. The summed E-state index contributed by atoms with van der Waals surface area (Å²) in [5, 5.41) is 2.93. The lowest BCUT2D eigenvalue weighted by atomic mass is 10.1. The van der Waals surface area contributed by atoms with E-state index in [-0.39, 0.29) is 30.8 Å². The summed E-state index contributed by atoms with van der Waals surface area (Å²) in [5.74, 6) is -0.314. The average molecular weight is 502 g/mol. The van der Waals surface area contributed by atoms with E-state index in [4.69, 9.17) is 0 Å². The highest BCUT2D eigenvalue weighted by molar-refractivity contribution is 7.92. The van der Waals surface area contributed by atoms with Crippen molar-refractivity contribution in [3.05, 3.63) is 65.7 Å². The topological polar surface area (TPSA) is 86.8 Å². The molecule has 0 unspecified atom stereocenters. The van der Waals surface area contributed by atoms with Gasteiger partial charge >= 0.3 is 0 Å². The maximum atomic E-state index is 13.4. The molecular formula is C27H39N3O4S. The lowest BCUT2D eigenvalue weighted by Gasteiger charge is -2.31. The first-order chi connectivity index (χ1) is 16.5. The van der Waals surface area contributed by atoms with Crippen LogP contribution in [0.1, 0.15) is 51.2 Å². The molecule has 0 bridgehead atoms. The second-order valence-electron chi connectivity index (χ2n) is 9.19. The third-order valence-electron chi connectivity index (χ3n) is 5.74. The van der Waals surface area contributed by atoms with E-state index in [1.165, 1.54) is 10.6 Å². The van der Waals surface area contributed by atoms with Crippen molar-refractivity contribution in [2.45, 2.75) is 65.5 Å². The van der Waals surface area contributed by atoms with Gasteiger partial charge in [-0.1, -0.05) is 49.4 Å². The largest absolute Gasteiger partial charge is 0.352 e. The Morgan fingerprint density at radius 1 is 1.00 bits per heavy atom. The Morgan fingerprint density at radius 2 is 1.69 bits per heavy atom. The Hall–Kier alpha value is -2.87. The van der Waals surface area contributed by atoms with Crippen LogP contribution in [-0.2, 0) is 26.0 Å². The van der Waals surface area contributed by atoms with E-state index < -0.39 is 16.1 Å². The average Bonchev–Trinajstić information content (AvgIpc) is 2.78. The first kappa shape index (κ1) is 28.4. The molecule has 0 heterocycles. The van der Waals surface area contributed by atoms with Gasteiger partial charge in [-0.05, 0) is 63.3 Å². The first-order valence-electron chi connectivity index (χ1n) is 12.2. The molecule has 0 aliphatic carbocycles. The highest BCUT2D eigenvalue weighted by Gasteiger charge is 2.28. The van der Waals surface area contributed by atoms with E-state index in [9.17, 15) is 18.0 Å². The number of carbonyl (C=O) groups excluding carboxylic acids is 2. The SMILES string of the molecule is CC[C@@H](C(=O)NC(C)C)N(CCc1ccccc1)C(=O)CCCN(c1cccc(C)c1)S(C)(=O)=O. The van der Waals surface area contributed by atoms with Crippen LogP contribution in [0.5, 0.6) is 0 Å². The number of nitrogens with zero attached hydrogens (tertiary/aromatic N) is 2. The lowest BCUT2D eigenvalue weighted by Crippen LogP contribution is -2.51. The van der Waals surface area contributed by atoms with Crippen molar-refractivity contribution in [1.29, 1.82) is 0 Å². The number of rotatable bonds is 13. The van der Waals surface area contributed by atoms with Crippen LogP contribution in [0, 0.1) is 6.92 Å². The molecule has 0 saturated heterocycles. The zero-order valence-corrected chi connectivity index (χ0v) is 22.3. The lowest BCUT2D eigenvalue weighted by molar-refractivity contribution is -0.141. The Bertz CT molecular complexity index is 1070. The van der Waals surface area contributed by atoms with E-state index in [1.54, 1.807) is 11.0 Å². The fourth-order valence-corrected chi connectivity index (χ4v) is 5.02. The quantitative estimate of drug-likeness (QED) is 0.451. The number of nitrogens with one attached hydrogen (secondary N) is 1. The summed E-state index contributed by atoms with van der Waals surface area (Å²) in [5.41, 5.74) is 2.64. The fourth-order valence-electron chi connectivity index (χ4n) is 4.06. The van der Waals surface area contributed by atoms with E-state index in [2.05, 4.69) is 5.32 Å². The van der Waals surface area contributed by atoms with Gasteiger partial charge in [0, 0.05) is 25.6 Å². The van der Waals surface area contributed by atoms with E-state index in [0.29, 0.717) is 31.5 Å². The van der Waals surface area contributed by atoms with E-state index >= 15 is 0 Å². The molecule has 0 radical (unpaired) electrons. The van der Waals surface area contributed by atoms with Crippen LogP contribution >= 0.6 is 0 Å². The molecule has 0 aromatic heterocycles. The van der Waals surface area contributed by atoms with Crippen LogP contribution in [0.3, 0.4) is 0 Å². The minimum absolute atomic E-state index is 0.0275. The number of sulfonamides is 1. The number of amides is 2. The molecule has 0 fully saturated rings. The van der Waals surface area contributed by atoms with Crippen LogP contribution in [0.4, 0.5) is 5.69 Å². The number of hydrogen-bond donors (Lipinski definition) is 1. The molecule has 35 heavy (non-hydrogen) atoms. The molecule has 2 aromatic carbocycles. The maximum Gasteiger partial charge on any atom is 0.242 e. The van der Waals surface area contributed by atoms with Crippen molar-refractivity contribution < 1.29 is 18.0 Å². The zero-order valence-electron chi connectivity index (χ0n) is 21.5. The van der Waals surface area contributed by atoms with Gasteiger partial charge in [0.25, 0.3) is 0 Å². The van der Waals surface area contributed by atoms with Crippen molar-refractivity contribution in [1.82, 2.24) is 10.2 Å². The summed E-state index contributed by atoms with van der Waals surface area (Å²) >= 11 is 0. The summed E-state index contributed by atoms with van der Waals surface area (Å²) in [6.45, 7) is 8.20. The molecule has 8 heteroatoms. The summed E-state index contributed by atoms with van der Waals surface area (Å²) in [7, 11) is -3.50. The number of aryl methyl sites for hydroxylation is 1. The standard InChI is InChI=1S/C27H39N3O4S/c1-6-25(27(32)28-21(2)3)29(19-17-23-13-8-7-9-14-23)26(31)16-11-18-30(35(5,33)34)24-15-10-12-22(4)20-24/h7-10,12-15,20-21,25H,6,11,16-19H2,1-5H3,(H,28,32)/t25-/m0/s1. The molecule has 1 atom stereocenters. The van der Waals surface area contributed by atoms with E-state index in [1.807, 2.05) is 76.2 Å².